The monoisotopic (exact) mass is 543 g/mol. The highest BCUT2D eigenvalue weighted by Gasteiger charge is 2.31. The van der Waals surface area contributed by atoms with Gasteiger partial charge in [0.1, 0.15) is 18.1 Å². The minimum atomic E-state index is 0.112. The van der Waals surface area contributed by atoms with Crippen molar-refractivity contribution in [2.75, 3.05) is 32.8 Å². The van der Waals surface area contributed by atoms with Gasteiger partial charge in [-0.3, -0.25) is 4.90 Å². The normalized spacial score (nSPS) is 18.8. The van der Waals surface area contributed by atoms with Crippen molar-refractivity contribution in [2.45, 2.75) is 65.2 Å². The van der Waals surface area contributed by atoms with Crippen LogP contribution in [0.4, 0.5) is 0 Å². The van der Waals surface area contributed by atoms with Crippen LogP contribution in [-0.2, 0) is 4.74 Å². The Balaban J connectivity index is 1.73. The number of phenols is 1. The molecule has 40 heavy (non-hydrogen) atoms. The van der Waals surface area contributed by atoms with Crippen molar-refractivity contribution >= 4 is 11.1 Å². The highest BCUT2D eigenvalue weighted by Crippen LogP contribution is 2.38. The van der Waals surface area contributed by atoms with Crippen LogP contribution in [0, 0.1) is 5.41 Å². The summed E-state index contributed by atoms with van der Waals surface area (Å²) in [5.41, 5.74) is 5.42. The Morgan fingerprint density at radius 3 is 2.42 bits per heavy atom. The van der Waals surface area contributed by atoms with E-state index in [-0.39, 0.29) is 12.4 Å². The first-order chi connectivity index (χ1) is 19.4. The molecule has 4 nitrogen and oxygen atoms in total. The van der Waals surface area contributed by atoms with Gasteiger partial charge in [-0.15, -0.1) is 0 Å². The fourth-order valence-electron chi connectivity index (χ4n) is 5.98. The number of aliphatic hydroxyl groups excluding tert-OH is 1. The van der Waals surface area contributed by atoms with E-state index >= 15 is 0 Å². The lowest BCUT2D eigenvalue weighted by Crippen LogP contribution is -2.37. The van der Waals surface area contributed by atoms with E-state index in [1.54, 1.807) is 12.1 Å². The molecule has 3 rings (SSSR count). The van der Waals surface area contributed by atoms with Crippen molar-refractivity contribution in [3.05, 3.63) is 102 Å². The predicted molar refractivity (Wildman–Crippen MR) is 169 cm³/mol. The van der Waals surface area contributed by atoms with Crippen molar-refractivity contribution in [1.29, 1.82) is 0 Å². The number of aromatic hydroxyl groups is 1. The second kappa shape index (κ2) is 16.2. The molecule has 2 aromatic carbocycles. The Bertz CT molecular complexity index is 1130. The number of benzene rings is 2. The second-order valence-electron chi connectivity index (χ2n) is 11.1. The number of hydrogen-bond acceptors (Lipinski definition) is 4. The van der Waals surface area contributed by atoms with Crippen LogP contribution in [0.2, 0.25) is 0 Å². The van der Waals surface area contributed by atoms with Crippen LogP contribution in [0.3, 0.4) is 0 Å². The summed E-state index contributed by atoms with van der Waals surface area (Å²) >= 11 is 0. The highest BCUT2D eigenvalue weighted by molar-refractivity contribution is 5.99. The first kappa shape index (κ1) is 31.4. The molecule has 0 bridgehead atoms. The van der Waals surface area contributed by atoms with Gasteiger partial charge in [0.25, 0.3) is 0 Å². The van der Waals surface area contributed by atoms with Crippen molar-refractivity contribution in [3.8, 4) is 5.75 Å². The molecule has 1 heterocycles. The average Bonchev–Trinajstić information content (AvgIpc) is 3.18. The van der Waals surface area contributed by atoms with Crippen LogP contribution in [0.15, 0.2) is 91.2 Å². The first-order valence-electron chi connectivity index (χ1n) is 15.0. The zero-order valence-corrected chi connectivity index (χ0v) is 24.7. The molecule has 1 unspecified atom stereocenters. The summed E-state index contributed by atoms with van der Waals surface area (Å²) in [6.45, 7) is 17.2. The smallest absolute Gasteiger partial charge is 0.115 e. The van der Waals surface area contributed by atoms with Crippen LogP contribution in [0.5, 0.6) is 5.75 Å². The topological polar surface area (TPSA) is 52.9 Å². The summed E-state index contributed by atoms with van der Waals surface area (Å²) < 4.78 is 6.06. The maximum Gasteiger partial charge on any atom is 0.115 e. The number of phenolic OH excluding ortho intramolecular Hbond substituents is 1. The van der Waals surface area contributed by atoms with E-state index in [0.717, 1.165) is 47.5 Å². The molecular formula is C36H49NO3. The summed E-state index contributed by atoms with van der Waals surface area (Å²) in [6, 6.07) is 17.4. The van der Waals surface area contributed by atoms with E-state index in [1.807, 2.05) is 42.5 Å². The van der Waals surface area contributed by atoms with Crippen molar-refractivity contribution < 1.29 is 14.9 Å². The van der Waals surface area contributed by atoms with Gasteiger partial charge in [-0.2, -0.15) is 0 Å². The lowest BCUT2D eigenvalue weighted by molar-refractivity contribution is 0.113. The number of allylic oxidation sites excluding steroid dienone is 5. The molecule has 216 valence electrons. The molecule has 0 aromatic heterocycles. The molecule has 0 amide bonds. The number of ether oxygens (including phenoxy) is 1. The molecule has 1 atom stereocenters. The first-order valence-corrected chi connectivity index (χ1v) is 15.0. The number of rotatable bonds is 15. The number of hydrogen-bond donors (Lipinski definition) is 2. The number of likely N-dealkylation sites (tertiary alicyclic amines) is 1. The third kappa shape index (κ3) is 9.25. The third-order valence-corrected chi connectivity index (χ3v) is 8.17. The van der Waals surface area contributed by atoms with Gasteiger partial charge in [0.05, 0.1) is 0 Å². The lowest BCUT2D eigenvalue weighted by atomic mass is 9.77. The van der Waals surface area contributed by atoms with Gasteiger partial charge < -0.3 is 14.9 Å². The van der Waals surface area contributed by atoms with Crippen LogP contribution in [-0.4, -0.2) is 48.0 Å². The largest absolute Gasteiger partial charge is 0.508 e. The molecule has 2 N–H and O–H groups in total. The van der Waals surface area contributed by atoms with E-state index in [4.69, 9.17) is 4.74 Å². The fourth-order valence-corrected chi connectivity index (χ4v) is 5.98. The average molecular weight is 544 g/mol. The lowest BCUT2D eigenvalue weighted by Gasteiger charge is -2.35. The maximum atomic E-state index is 9.89. The summed E-state index contributed by atoms with van der Waals surface area (Å²) in [5, 5.41) is 19.5. The van der Waals surface area contributed by atoms with Gasteiger partial charge >= 0.3 is 0 Å². The summed E-state index contributed by atoms with van der Waals surface area (Å²) in [6.07, 6.45) is 12.9. The zero-order valence-electron chi connectivity index (χ0n) is 24.7. The van der Waals surface area contributed by atoms with Crippen LogP contribution >= 0.6 is 0 Å². The van der Waals surface area contributed by atoms with Gasteiger partial charge in [0, 0.05) is 19.7 Å². The molecule has 1 fully saturated rings. The molecule has 0 radical (unpaired) electrons. The summed E-state index contributed by atoms with van der Waals surface area (Å²) in [7, 11) is 0. The third-order valence-electron chi connectivity index (χ3n) is 8.17. The molecule has 4 heteroatoms. The van der Waals surface area contributed by atoms with Gasteiger partial charge in [0.15, 0.2) is 0 Å². The fraction of sp³-hybridized carbons (Fsp3) is 0.444. The minimum absolute atomic E-state index is 0.112. The van der Waals surface area contributed by atoms with E-state index in [2.05, 4.69) is 44.0 Å². The standard InChI is InChI=1S/C36H49NO3/c1-5-22-36(6-2)23-10-11-24-37(28-36)25-27-40-30(4)17-16-29(3)35(32-18-20-33(39)21-19-32)34(15-12-26-38)31-13-8-7-9-14-31/h7-9,13-14,16-21,38-39H,3-6,10-12,15,22-28H2,1-2H3/b17-16-,35-34+. The van der Waals surface area contributed by atoms with E-state index in [0.29, 0.717) is 30.6 Å². The predicted octanol–water partition coefficient (Wildman–Crippen LogP) is 8.40. The molecule has 1 saturated heterocycles. The van der Waals surface area contributed by atoms with Gasteiger partial charge in [-0.05, 0) is 96.5 Å². The maximum absolute atomic E-state index is 9.89. The Labute approximate surface area is 242 Å². The summed E-state index contributed by atoms with van der Waals surface area (Å²) in [5.74, 6) is 0.839. The summed E-state index contributed by atoms with van der Waals surface area (Å²) in [4.78, 5) is 2.58. The van der Waals surface area contributed by atoms with E-state index in [9.17, 15) is 10.2 Å². The van der Waals surface area contributed by atoms with Gasteiger partial charge in [-0.25, -0.2) is 0 Å². The SMILES string of the molecule is C=C(/C=C\C(=C)/C(=C(/CCCO)c1ccccc1)c1ccc(O)cc1)OCCN1CCCCC(CC)(CCC)C1. The highest BCUT2D eigenvalue weighted by atomic mass is 16.5. The van der Waals surface area contributed by atoms with Crippen molar-refractivity contribution in [3.63, 3.8) is 0 Å². The molecular weight excluding hydrogens is 494 g/mol. The van der Waals surface area contributed by atoms with Gasteiger partial charge in [0.2, 0.25) is 0 Å². The van der Waals surface area contributed by atoms with Gasteiger partial charge in [-0.1, -0.05) is 88.4 Å². The molecule has 0 saturated carbocycles. The van der Waals surface area contributed by atoms with Crippen LogP contribution < -0.4 is 0 Å². The number of nitrogens with zero attached hydrogens (tertiary/aromatic N) is 1. The second-order valence-corrected chi connectivity index (χ2v) is 11.1. The van der Waals surface area contributed by atoms with Crippen molar-refractivity contribution in [1.82, 2.24) is 4.90 Å². The Kier molecular flexibility index (Phi) is 12.8. The minimum Gasteiger partial charge on any atom is -0.508 e. The molecule has 2 aromatic rings. The zero-order chi connectivity index (χ0) is 28.8. The molecule has 0 aliphatic carbocycles. The van der Waals surface area contributed by atoms with E-state index in [1.165, 1.54) is 38.5 Å². The van der Waals surface area contributed by atoms with E-state index < -0.39 is 0 Å². The van der Waals surface area contributed by atoms with Crippen LogP contribution in [0.1, 0.15) is 76.3 Å². The number of aliphatic hydroxyl groups is 1. The Morgan fingerprint density at radius 2 is 1.75 bits per heavy atom. The quantitative estimate of drug-likeness (QED) is 0.135. The molecule has 1 aliphatic rings. The molecule has 1 aliphatic heterocycles. The Morgan fingerprint density at radius 1 is 1.00 bits per heavy atom. The van der Waals surface area contributed by atoms with Crippen LogP contribution in [0.25, 0.3) is 11.1 Å². The Hall–Kier alpha value is -3.08. The molecule has 0 spiro atoms. The van der Waals surface area contributed by atoms with Crippen molar-refractivity contribution in [2.24, 2.45) is 5.41 Å².